The van der Waals surface area contributed by atoms with E-state index in [4.69, 9.17) is 0 Å². The quantitative estimate of drug-likeness (QED) is 0.784. The molecule has 0 saturated carbocycles. The highest BCUT2D eigenvalue weighted by atomic mass is 19.4. The SMILES string of the molecule is CC(C)CC1NCC(=O)N1CC(F)(F)F. The highest BCUT2D eigenvalue weighted by Crippen LogP contribution is 2.21. The first-order valence-electron chi connectivity index (χ1n) is 4.89. The van der Waals surface area contributed by atoms with Crippen LogP contribution in [0.4, 0.5) is 13.2 Å². The summed E-state index contributed by atoms with van der Waals surface area (Å²) in [4.78, 5) is 12.1. The third kappa shape index (κ3) is 3.70. The number of amides is 1. The molecule has 1 aliphatic heterocycles. The molecular formula is C9H15F3N2O. The van der Waals surface area contributed by atoms with Crippen LogP contribution in [0.2, 0.25) is 0 Å². The average Bonchev–Trinajstić information content (AvgIpc) is 2.32. The molecule has 0 radical (unpaired) electrons. The molecule has 1 heterocycles. The second kappa shape index (κ2) is 4.38. The molecule has 15 heavy (non-hydrogen) atoms. The van der Waals surface area contributed by atoms with Gasteiger partial charge in [-0.15, -0.1) is 0 Å². The zero-order valence-corrected chi connectivity index (χ0v) is 8.77. The average molecular weight is 224 g/mol. The lowest BCUT2D eigenvalue weighted by molar-refractivity contribution is -0.161. The molecule has 1 atom stereocenters. The molecule has 1 fully saturated rings. The fourth-order valence-corrected chi connectivity index (χ4v) is 1.64. The molecule has 1 unspecified atom stereocenters. The first-order valence-corrected chi connectivity index (χ1v) is 4.89. The summed E-state index contributed by atoms with van der Waals surface area (Å²) in [5.41, 5.74) is 0. The molecule has 1 saturated heterocycles. The van der Waals surface area contributed by atoms with Gasteiger partial charge in [0.25, 0.3) is 0 Å². The Morgan fingerprint density at radius 3 is 2.60 bits per heavy atom. The second-order valence-corrected chi connectivity index (χ2v) is 4.16. The Morgan fingerprint density at radius 1 is 1.53 bits per heavy atom. The van der Waals surface area contributed by atoms with Gasteiger partial charge in [-0.2, -0.15) is 13.2 Å². The summed E-state index contributed by atoms with van der Waals surface area (Å²) in [5.74, 6) is -0.220. The number of carbonyl (C=O) groups excluding carboxylic acids is 1. The number of carbonyl (C=O) groups is 1. The molecule has 3 nitrogen and oxygen atoms in total. The Balaban J connectivity index is 2.61. The fourth-order valence-electron chi connectivity index (χ4n) is 1.64. The number of rotatable bonds is 3. The van der Waals surface area contributed by atoms with Gasteiger partial charge in [0.05, 0.1) is 12.7 Å². The van der Waals surface area contributed by atoms with Crippen LogP contribution in [-0.2, 0) is 4.79 Å². The van der Waals surface area contributed by atoms with Crippen LogP contribution in [0.1, 0.15) is 20.3 Å². The van der Waals surface area contributed by atoms with Crippen LogP contribution in [0.15, 0.2) is 0 Å². The summed E-state index contributed by atoms with van der Waals surface area (Å²) < 4.78 is 36.5. The van der Waals surface area contributed by atoms with Crippen molar-refractivity contribution >= 4 is 5.91 Å². The van der Waals surface area contributed by atoms with Gasteiger partial charge in [0.15, 0.2) is 0 Å². The van der Waals surface area contributed by atoms with Crippen LogP contribution in [0.25, 0.3) is 0 Å². The first kappa shape index (κ1) is 12.3. The fraction of sp³-hybridized carbons (Fsp3) is 0.889. The molecule has 1 rings (SSSR count). The first-order chi connectivity index (χ1) is 6.79. The predicted molar refractivity (Wildman–Crippen MR) is 49.0 cm³/mol. The van der Waals surface area contributed by atoms with E-state index in [1.165, 1.54) is 0 Å². The Morgan fingerprint density at radius 2 is 2.13 bits per heavy atom. The standard InChI is InChI=1S/C9H15F3N2O/c1-6(2)3-7-13-4-8(15)14(7)5-9(10,11)12/h6-7,13H,3-5H2,1-2H3. The van der Waals surface area contributed by atoms with Gasteiger partial charge in [0.1, 0.15) is 6.54 Å². The van der Waals surface area contributed by atoms with Crippen LogP contribution < -0.4 is 5.32 Å². The van der Waals surface area contributed by atoms with Gasteiger partial charge < -0.3 is 4.90 Å². The molecule has 88 valence electrons. The van der Waals surface area contributed by atoms with Gasteiger partial charge in [-0.3, -0.25) is 10.1 Å². The third-order valence-electron chi connectivity index (χ3n) is 2.23. The molecule has 0 aromatic rings. The van der Waals surface area contributed by atoms with Crippen LogP contribution >= 0.6 is 0 Å². The molecule has 6 heteroatoms. The van der Waals surface area contributed by atoms with E-state index < -0.39 is 24.8 Å². The molecule has 0 aromatic carbocycles. The third-order valence-corrected chi connectivity index (χ3v) is 2.23. The van der Waals surface area contributed by atoms with Gasteiger partial charge in [-0.05, 0) is 12.3 Å². The van der Waals surface area contributed by atoms with E-state index in [1.807, 2.05) is 13.8 Å². The normalized spacial score (nSPS) is 22.9. The number of nitrogens with zero attached hydrogens (tertiary/aromatic N) is 1. The van der Waals surface area contributed by atoms with Crippen molar-refractivity contribution in [3.05, 3.63) is 0 Å². The lowest BCUT2D eigenvalue weighted by Crippen LogP contribution is -2.43. The van der Waals surface area contributed by atoms with Crippen molar-refractivity contribution in [3.63, 3.8) is 0 Å². The second-order valence-electron chi connectivity index (χ2n) is 4.16. The lowest BCUT2D eigenvalue weighted by Gasteiger charge is -2.26. The molecule has 0 spiro atoms. The van der Waals surface area contributed by atoms with Crippen molar-refractivity contribution in [2.24, 2.45) is 5.92 Å². The minimum atomic E-state index is -4.32. The van der Waals surface area contributed by atoms with Crippen molar-refractivity contribution in [2.75, 3.05) is 13.1 Å². The zero-order valence-electron chi connectivity index (χ0n) is 8.77. The maximum absolute atomic E-state index is 12.2. The maximum Gasteiger partial charge on any atom is 0.406 e. The maximum atomic E-state index is 12.2. The Kier molecular flexibility index (Phi) is 3.59. The van der Waals surface area contributed by atoms with E-state index in [0.29, 0.717) is 6.42 Å². The molecule has 1 N–H and O–H groups in total. The molecule has 0 aliphatic carbocycles. The van der Waals surface area contributed by atoms with E-state index >= 15 is 0 Å². The summed E-state index contributed by atoms with van der Waals surface area (Å²) >= 11 is 0. The Labute approximate surface area is 86.6 Å². The summed E-state index contributed by atoms with van der Waals surface area (Å²) in [6.45, 7) is 2.68. The van der Waals surface area contributed by atoms with Crippen molar-refractivity contribution in [2.45, 2.75) is 32.6 Å². The van der Waals surface area contributed by atoms with E-state index in [-0.39, 0.29) is 12.5 Å². The Hall–Kier alpha value is -0.780. The number of nitrogens with one attached hydrogen (secondary N) is 1. The lowest BCUT2D eigenvalue weighted by atomic mass is 10.1. The topological polar surface area (TPSA) is 32.3 Å². The number of hydrogen-bond donors (Lipinski definition) is 1. The minimum Gasteiger partial charge on any atom is -0.317 e. The van der Waals surface area contributed by atoms with Crippen molar-refractivity contribution in [3.8, 4) is 0 Å². The van der Waals surface area contributed by atoms with Gasteiger partial charge in [-0.25, -0.2) is 0 Å². The summed E-state index contributed by atoms with van der Waals surface area (Å²) in [7, 11) is 0. The smallest absolute Gasteiger partial charge is 0.317 e. The summed E-state index contributed by atoms with van der Waals surface area (Å²) in [6, 6.07) is 0. The van der Waals surface area contributed by atoms with E-state index in [0.717, 1.165) is 4.90 Å². The van der Waals surface area contributed by atoms with Crippen molar-refractivity contribution < 1.29 is 18.0 Å². The van der Waals surface area contributed by atoms with E-state index in [2.05, 4.69) is 5.32 Å². The number of alkyl halides is 3. The summed E-state index contributed by atoms with van der Waals surface area (Å²) in [5, 5.41) is 2.79. The van der Waals surface area contributed by atoms with Crippen molar-refractivity contribution in [1.29, 1.82) is 0 Å². The molecule has 0 bridgehead atoms. The highest BCUT2D eigenvalue weighted by molar-refractivity contribution is 5.80. The van der Waals surface area contributed by atoms with Crippen LogP contribution in [0.5, 0.6) is 0 Å². The Bertz CT molecular complexity index is 240. The van der Waals surface area contributed by atoms with Crippen molar-refractivity contribution in [1.82, 2.24) is 10.2 Å². The predicted octanol–water partition coefficient (Wildman–Crippen LogP) is 1.35. The zero-order chi connectivity index (χ0) is 11.6. The van der Waals surface area contributed by atoms with Gasteiger partial charge in [-0.1, -0.05) is 13.8 Å². The number of hydrogen-bond acceptors (Lipinski definition) is 2. The van der Waals surface area contributed by atoms with Gasteiger partial charge in [0, 0.05) is 0 Å². The summed E-state index contributed by atoms with van der Waals surface area (Å²) in [6.07, 6.45) is -4.25. The molecule has 1 aliphatic rings. The van der Waals surface area contributed by atoms with Gasteiger partial charge in [0.2, 0.25) is 5.91 Å². The largest absolute Gasteiger partial charge is 0.406 e. The monoisotopic (exact) mass is 224 g/mol. The number of halogens is 3. The minimum absolute atomic E-state index is 0.00741. The van der Waals surface area contributed by atoms with Crippen LogP contribution in [0, 0.1) is 5.92 Å². The van der Waals surface area contributed by atoms with Gasteiger partial charge >= 0.3 is 6.18 Å². The molecule has 0 aromatic heterocycles. The van der Waals surface area contributed by atoms with Crippen LogP contribution in [0.3, 0.4) is 0 Å². The van der Waals surface area contributed by atoms with E-state index in [1.54, 1.807) is 0 Å². The molecule has 1 amide bonds. The van der Waals surface area contributed by atoms with E-state index in [9.17, 15) is 18.0 Å². The van der Waals surface area contributed by atoms with Crippen LogP contribution in [-0.4, -0.2) is 36.2 Å². The molecular weight excluding hydrogens is 209 g/mol. The highest BCUT2D eigenvalue weighted by Gasteiger charge is 2.39.